The fourth-order valence-corrected chi connectivity index (χ4v) is 2.23. The molecule has 0 bridgehead atoms. The third kappa shape index (κ3) is 2.68. The molecular weight excluding hydrogens is 308 g/mol. The van der Waals surface area contributed by atoms with E-state index in [1.807, 2.05) is 0 Å². The summed E-state index contributed by atoms with van der Waals surface area (Å²) in [7, 11) is 0. The van der Waals surface area contributed by atoms with Gasteiger partial charge < -0.3 is 14.9 Å². The molecule has 22 heavy (non-hydrogen) atoms. The number of fused-ring (bicyclic) bond motifs is 1. The lowest BCUT2D eigenvalue weighted by atomic mass is 10.3. The van der Waals surface area contributed by atoms with Crippen LogP contribution in [0.25, 0.3) is 5.52 Å². The quantitative estimate of drug-likeness (QED) is 0.772. The number of aromatic hydroxyl groups is 1. The predicted octanol–water partition coefficient (Wildman–Crippen LogP) is 2.97. The second-order valence-electron chi connectivity index (χ2n) is 4.57. The molecule has 0 aliphatic heterocycles. The maximum atomic E-state index is 11.2. The summed E-state index contributed by atoms with van der Waals surface area (Å²) in [6, 6.07) is 9.42. The van der Waals surface area contributed by atoms with Gasteiger partial charge in [0.25, 0.3) is 0 Å². The monoisotopic (exact) mass is 318 g/mol. The zero-order valence-electron chi connectivity index (χ0n) is 11.2. The van der Waals surface area contributed by atoms with Crippen LogP contribution in [-0.4, -0.2) is 25.6 Å². The number of carboxylic acid groups (broad SMARTS) is 1. The van der Waals surface area contributed by atoms with Gasteiger partial charge in [-0.15, -0.1) is 0 Å². The average Bonchev–Trinajstić information content (AvgIpc) is 2.85. The van der Waals surface area contributed by atoms with Crippen molar-refractivity contribution in [1.29, 1.82) is 0 Å². The van der Waals surface area contributed by atoms with E-state index in [-0.39, 0.29) is 18.1 Å². The first-order chi connectivity index (χ1) is 10.5. The maximum Gasteiger partial charge on any atom is 0.356 e. The van der Waals surface area contributed by atoms with E-state index in [9.17, 15) is 15.0 Å². The number of hydrogen-bond donors (Lipinski definition) is 2. The molecular formula is C15H11ClN2O4. The van der Waals surface area contributed by atoms with Gasteiger partial charge in [0.05, 0.1) is 10.5 Å². The number of phenolic OH excluding ortho intramolecular Hbond substituents is 1. The van der Waals surface area contributed by atoms with Gasteiger partial charge in [-0.05, 0) is 36.4 Å². The zero-order valence-corrected chi connectivity index (χ0v) is 12.0. The number of rotatable bonds is 4. The molecule has 3 aromatic rings. The lowest BCUT2D eigenvalue weighted by Gasteiger charge is -2.05. The van der Waals surface area contributed by atoms with Gasteiger partial charge >= 0.3 is 5.97 Å². The molecule has 2 heterocycles. The van der Waals surface area contributed by atoms with Crippen molar-refractivity contribution in [2.24, 2.45) is 0 Å². The first-order valence-corrected chi connectivity index (χ1v) is 6.74. The summed E-state index contributed by atoms with van der Waals surface area (Å²) in [5.41, 5.74) is 0.391. The number of aromatic nitrogens is 2. The lowest BCUT2D eigenvalue weighted by molar-refractivity contribution is 0.0693. The molecule has 0 saturated heterocycles. The van der Waals surface area contributed by atoms with Gasteiger partial charge in [-0.1, -0.05) is 11.6 Å². The molecule has 0 atom stereocenters. The van der Waals surface area contributed by atoms with Crippen LogP contribution in [-0.2, 0) is 6.61 Å². The first-order valence-electron chi connectivity index (χ1n) is 6.36. The Morgan fingerprint density at radius 2 is 1.95 bits per heavy atom. The molecule has 0 aliphatic rings. The van der Waals surface area contributed by atoms with Gasteiger partial charge in [0, 0.05) is 6.20 Å². The summed E-state index contributed by atoms with van der Waals surface area (Å²) in [6.07, 6.45) is 1.59. The van der Waals surface area contributed by atoms with E-state index in [0.29, 0.717) is 22.1 Å². The van der Waals surface area contributed by atoms with Gasteiger partial charge in [-0.25, -0.2) is 9.78 Å². The van der Waals surface area contributed by atoms with Crippen LogP contribution in [0.5, 0.6) is 11.5 Å². The number of pyridine rings is 1. The molecule has 7 heteroatoms. The second-order valence-corrected chi connectivity index (χ2v) is 5.00. The Morgan fingerprint density at radius 1 is 1.23 bits per heavy atom. The molecule has 2 aromatic heterocycles. The zero-order chi connectivity index (χ0) is 15.7. The van der Waals surface area contributed by atoms with E-state index >= 15 is 0 Å². The van der Waals surface area contributed by atoms with Crippen LogP contribution in [0, 0.1) is 0 Å². The number of benzene rings is 1. The summed E-state index contributed by atoms with van der Waals surface area (Å²) < 4.78 is 7.15. The highest BCUT2D eigenvalue weighted by Crippen LogP contribution is 2.20. The van der Waals surface area contributed by atoms with Crippen molar-refractivity contribution in [3.05, 3.63) is 59.1 Å². The third-order valence-electron chi connectivity index (χ3n) is 3.08. The molecule has 0 aliphatic carbocycles. The highest BCUT2D eigenvalue weighted by atomic mass is 35.5. The summed E-state index contributed by atoms with van der Waals surface area (Å²) in [5, 5.41) is 18.9. The van der Waals surface area contributed by atoms with Crippen LogP contribution in [0.15, 0.2) is 42.6 Å². The van der Waals surface area contributed by atoms with Crippen LogP contribution in [0.1, 0.15) is 16.3 Å². The van der Waals surface area contributed by atoms with Gasteiger partial charge in [-0.2, -0.15) is 0 Å². The fourth-order valence-electron chi connectivity index (χ4n) is 2.07. The van der Waals surface area contributed by atoms with E-state index in [0.717, 1.165) is 0 Å². The van der Waals surface area contributed by atoms with Gasteiger partial charge in [0.15, 0.2) is 11.5 Å². The van der Waals surface area contributed by atoms with Crippen molar-refractivity contribution in [3.63, 3.8) is 0 Å². The Morgan fingerprint density at radius 3 is 2.64 bits per heavy atom. The molecule has 2 N–H and O–H groups in total. The number of nitrogens with zero attached hydrogens (tertiary/aromatic N) is 2. The number of ether oxygens (including phenoxy) is 1. The minimum Gasteiger partial charge on any atom is -0.508 e. The molecule has 6 nitrogen and oxygen atoms in total. The number of phenols is 1. The molecule has 0 spiro atoms. The Balaban J connectivity index is 1.94. The second kappa shape index (κ2) is 5.57. The van der Waals surface area contributed by atoms with Crippen molar-refractivity contribution < 1.29 is 19.7 Å². The van der Waals surface area contributed by atoms with Crippen molar-refractivity contribution in [3.8, 4) is 11.5 Å². The Hall–Kier alpha value is -2.73. The number of imidazole rings is 1. The fraction of sp³-hybridized carbons (Fsp3) is 0.0667. The van der Waals surface area contributed by atoms with E-state index < -0.39 is 5.97 Å². The SMILES string of the molecule is O=C(O)c1nc(COc2ccc(O)cc2)n2cc(Cl)ccc12. The summed E-state index contributed by atoms with van der Waals surface area (Å²) in [6.45, 7) is 0.0690. The van der Waals surface area contributed by atoms with E-state index in [2.05, 4.69) is 4.98 Å². The number of carboxylic acids is 1. The molecule has 0 unspecified atom stereocenters. The third-order valence-corrected chi connectivity index (χ3v) is 3.30. The number of hydrogen-bond acceptors (Lipinski definition) is 4. The first kappa shape index (κ1) is 14.2. The smallest absolute Gasteiger partial charge is 0.356 e. The summed E-state index contributed by atoms with van der Waals surface area (Å²) >= 11 is 5.95. The van der Waals surface area contributed by atoms with Crippen LogP contribution >= 0.6 is 11.6 Å². The predicted molar refractivity (Wildman–Crippen MR) is 79.6 cm³/mol. The van der Waals surface area contributed by atoms with Crippen molar-refractivity contribution in [2.75, 3.05) is 0 Å². The van der Waals surface area contributed by atoms with Gasteiger partial charge in [-0.3, -0.25) is 4.40 Å². The molecule has 0 radical (unpaired) electrons. The maximum absolute atomic E-state index is 11.2. The van der Waals surface area contributed by atoms with E-state index in [1.54, 1.807) is 34.9 Å². The topological polar surface area (TPSA) is 84.1 Å². The Bertz CT molecular complexity index is 843. The summed E-state index contributed by atoms with van der Waals surface area (Å²) in [4.78, 5) is 15.3. The number of halogens is 1. The number of carbonyl (C=O) groups is 1. The highest BCUT2D eigenvalue weighted by molar-refractivity contribution is 6.30. The number of aromatic carboxylic acids is 1. The molecule has 0 fully saturated rings. The Kier molecular flexibility index (Phi) is 3.60. The van der Waals surface area contributed by atoms with Gasteiger partial charge in [0.1, 0.15) is 18.1 Å². The minimum atomic E-state index is -1.12. The highest BCUT2D eigenvalue weighted by Gasteiger charge is 2.17. The standard InChI is InChI=1S/C15H11ClN2O4/c16-9-1-6-12-14(15(20)21)17-13(18(12)7-9)8-22-11-4-2-10(19)3-5-11/h1-7,19H,8H2,(H,20,21). The van der Waals surface area contributed by atoms with Crippen molar-refractivity contribution in [1.82, 2.24) is 9.38 Å². The molecule has 3 rings (SSSR count). The molecule has 0 saturated carbocycles. The van der Waals surface area contributed by atoms with Crippen LogP contribution in [0.4, 0.5) is 0 Å². The van der Waals surface area contributed by atoms with Crippen molar-refractivity contribution in [2.45, 2.75) is 6.61 Å². The lowest BCUT2D eigenvalue weighted by Crippen LogP contribution is -2.01. The minimum absolute atomic E-state index is 0.0547. The van der Waals surface area contributed by atoms with Gasteiger partial charge in [0.2, 0.25) is 0 Å². The van der Waals surface area contributed by atoms with Crippen LogP contribution in [0.3, 0.4) is 0 Å². The van der Waals surface area contributed by atoms with Crippen molar-refractivity contribution >= 4 is 23.1 Å². The molecule has 112 valence electrons. The molecule has 0 amide bonds. The largest absolute Gasteiger partial charge is 0.508 e. The van der Waals surface area contributed by atoms with Crippen LogP contribution in [0.2, 0.25) is 5.02 Å². The Labute approximate surface area is 130 Å². The summed E-state index contributed by atoms with van der Waals surface area (Å²) in [5.74, 6) is -0.0225. The normalized spacial score (nSPS) is 10.8. The average molecular weight is 319 g/mol. The van der Waals surface area contributed by atoms with E-state index in [4.69, 9.17) is 16.3 Å². The van der Waals surface area contributed by atoms with Crippen LogP contribution < -0.4 is 4.74 Å². The van der Waals surface area contributed by atoms with E-state index in [1.165, 1.54) is 12.1 Å². The molecule has 1 aromatic carbocycles.